The number of halogens is 5. The summed E-state index contributed by atoms with van der Waals surface area (Å²) < 4.78 is 41.3. The standard InChI is InChI=1S/C12H13BrClF3N2O/c13-9-10(7-3-1-2-4-7)18-8(19-11(9)14)5-20-6-12(15,16)17/h7H,1-6H2. The summed E-state index contributed by atoms with van der Waals surface area (Å²) in [5.74, 6) is 0.468. The molecule has 0 saturated heterocycles. The molecule has 0 spiro atoms. The SMILES string of the molecule is FC(F)(F)COCc1nc(Cl)c(Br)c(C2CCCC2)n1. The zero-order valence-corrected chi connectivity index (χ0v) is 12.9. The Morgan fingerprint density at radius 1 is 1.25 bits per heavy atom. The van der Waals surface area contributed by atoms with E-state index in [1.165, 1.54) is 0 Å². The molecule has 0 radical (unpaired) electrons. The first-order valence-corrected chi connectivity index (χ1v) is 7.40. The van der Waals surface area contributed by atoms with Crippen LogP contribution in [0.3, 0.4) is 0 Å². The highest BCUT2D eigenvalue weighted by atomic mass is 79.9. The Morgan fingerprint density at radius 3 is 2.50 bits per heavy atom. The molecule has 0 aromatic carbocycles. The van der Waals surface area contributed by atoms with Crippen LogP contribution in [0.25, 0.3) is 0 Å². The Hall–Kier alpha value is -0.400. The number of ether oxygens (including phenoxy) is 1. The van der Waals surface area contributed by atoms with Gasteiger partial charge >= 0.3 is 6.18 Å². The van der Waals surface area contributed by atoms with Crippen molar-refractivity contribution in [3.05, 3.63) is 21.1 Å². The van der Waals surface area contributed by atoms with Gasteiger partial charge in [0.2, 0.25) is 0 Å². The highest BCUT2D eigenvalue weighted by molar-refractivity contribution is 9.10. The summed E-state index contributed by atoms with van der Waals surface area (Å²) in [5.41, 5.74) is 0.771. The summed E-state index contributed by atoms with van der Waals surface area (Å²) in [5, 5.41) is 0.215. The van der Waals surface area contributed by atoms with E-state index in [9.17, 15) is 13.2 Å². The van der Waals surface area contributed by atoms with Crippen molar-refractivity contribution >= 4 is 27.5 Å². The fourth-order valence-electron chi connectivity index (χ4n) is 2.27. The van der Waals surface area contributed by atoms with Gasteiger partial charge in [0.25, 0.3) is 0 Å². The summed E-state index contributed by atoms with van der Waals surface area (Å²) in [6.07, 6.45) is -0.0890. The van der Waals surface area contributed by atoms with Crippen molar-refractivity contribution in [1.29, 1.82) is 0 Å². The van der Waals surface area contributed by atoms with Crippen LogP contribution in [0.5, 0.6) is 0 Å². The van der Waals surface area contributed by atoms with Crippen LogP contribution < -0.4 is 0 Å². The van der Waals surface area contributed by atoms with Crippen molar-refractivity contribution in [2.45, 2.75) is 44.4 Å². The van der Waals surface area contributed by atoms with Gasteiger partial charge < -0.3 is 4.74 Å². The van der Waals surface area contributed by atoms with Crippen LogP contribution >= 0.6 is 27.5 Å². The molecule has 8 heteroatoms. The first-order valence-electron chi connectivity index (χ1n) is 6.23. The minimum Gasteiger partial charge on any atom is -0.364 e. The monoisotopic (exact) mass is 372 g/mol. The molecule has 1 fully saturated rings. The van der Waals surface area contributed by atoms with Crippen LogP contribution in [0.15, 0.2) is 4.47 Å². The highest BCUT2D eigenvalue weighted by Crippen LogP contribution is 2.38. The minimum atomic E-state index is -4.35. The maximum absolute atomic E-state index is 12.0. The largest absolute Gasteiger partial charge is 0.411 e. The third kappa shape index (κ3) is 4.30. The molecule has 1 aliphatic carbocycles. The van der Waals surface area contributed by atoms with Crippen molar-refractivity contribution in [2.24, 2.45) is 0 Å². The quantitative estimate of drug-likeness (QED) is 0.722. The fraction of sp³-hybridized carbons (Fsp3) is 0.667. The van der Waals surface area contributed by atoms with Crippen LogP contribution in [0.1, 0.15) is 43.1 Å². The summed E-state index contributed by atoms with van der Waals surface area (Å²) in [7, 11) is 0. The number of alkyl halides is 3. The molecule has 20 heavy (non-hydrogen) atoms. The lowest BCUT2D eigenvalue weighted by molar-refractivity contribution is -0.177. The first-order chi connectivity index (χ1) is 9.37. The van der Waals surface area contributed by atoms with Crippen LogP contribution in [0.2, 0.25) is 5.15 Å². The van der Waals surface area contributed by atoms with Gasteiger partial charge in [0.05, 0.1) is 10.2 Å². The molecule has 0 atom stereocenters. The highest BCUT2D eigenvalue weighted by Gasteiger charge is 2.28. The van der Waals surface area contributed by atoms with E-state index < -0.39 is 12.8 Å². The van der Waals surface area contributed by atoms with Gasteiger partial charge in [-0.15, -0.1) is 0 Å². The molecule has 3 nitrogen and oxygen atoms in total. The maximum atomic E-state index is 12.0. The van der Waals surface area contributed by atoms with Crippen molar-refractivity contribution in [3.8, 4) is 0 Å². The number of aromatic nitrogens is 2. The third-order valence-electron chi connectivity index (χ3n) is 3.12. The van der Waals surface area contributed by atoms with E-state index in [-0.39, 0.29) is 23.5 Å². The van der Waals surface area contributed by atoms with Crippen molar-refractivity contribution < 1.29 is 17.9 Å². The molecule has 1 aliphatic rings. The third-order valence-corrected chi connectivity index (χ3v) is 4.41. The first kappa shape index (κ1) is 16.0. The van der Waals surface area contributed by atoms with Crippen molar-refractivity contribution in [3.63, 3.8) is 0 Å². The zero-order chi connectivity index (χ0) is 14.8. The van der Waals surface area contributed by atoms with E-state index in [1.54, 1.807) is 0 Å². The van der Waals surface area contributed by atoms with E-state index in [0.29, 0.717) is 4.47 Å². The summed E-state index contributed by atoms with van der Waals surface area (Å²) in [6.45, 7) is -1.62. The fourth-order valence-corrected chi connectivity index (χ4v) is 2.97. The Morgan fingerprint density at radius 2 is 1.90 bits per heavy atom. The lowest BCUT2D eigenvalue weighted by atomic mass is 10.0. The summed E-state index contributed by atoms with van der Waals surface area (Å²) >= 11 is 9.34. The number of hydrogen-bond donors (Lipinski definition) is 0. The molecule has 0 amide bonds. The van der Waals surface area contributed by atoms with E-state index >= 15 is 0 Å². The van der Waals surface area contributed by atoms with E-state index in [4.69, 9.17) is 11.6 Å². The van der Waals surface area contributed by atoms with Gasteiger partial charge in [-0.25, -0.2) is 9.97 Å². The van der Waals surface area contributed by atoms with Gasteiger partial charge in [-0.05, 0) is 28.8 Å². The number of hydrogen-bond acceptors (Lipinski definition) is 3. The van der Waals surface area contributed by atoms with E-state index in [0.717, 1.165) is 31.4 Å². The van der Waals surface area contributed by atoms with Crippen molar-refractivity contribution in [2.75, 3.05) is 6.61 Å². The molecular formula is C12H13BrClF3N2O. The summed E-state index contributed by atoms with van der Waals surface area (Å²) in [4.78, 5) is 8.24. The predicted molar refractivity (Wildman–Crippen MR) is 71.7 cm³/mol. The Bertz CT molecular complexity index is 479. The molecule has 0 bridgehead atoms. The second-order valence-electron chi connectivity index (χ2n) is 4.72. The van der Waals surface area contributed by atoms with E-state index in [2.05, 4.69) is 30.6 Å². The summed E-state index contributed by atoms with van der Waals surface area (Å²) in [6, 6.07) is 0. The maximum Gasteiger partial charge on any atom is 0.411 e. The Balaban J connectivity index is 2.09. The normalized spacial score (nSPS) is 16.9. The van der Waals surface area contributed by atoms with Gasteiger partial charge in [-0.3, -0.25) is 0 Å². The second kappa shape index (κ2) is 6.58. The van der Waals surface area contributed by atoms with Gasteiger partial charge in [0, 0.05) is 5.92 Å². The molecule has 1 aromatic heterocycles. The van der Waals surface area contributed by atoms with Gasteiger partial charge in [0.1, 0.15) is 18.4 Å². The van der Waals surface area contributed by atoms with Gasteiger partial charge in [-0.2, -0.15) is 13.2 Å². The molecule has 2 rings (SSSR count). The van der Waals surface area contributed by atoms with Gasteiger partial charge in [0.15, 0.2) is 5.82 Å². The van der Waals surface area contributed by atoms with Crippen LogP contribution in [-0.4, -0.2) is 22.8 Å². The van der Waals surface area contributed by atoms with Crippen molar-refractivity contribution in [1.82, 2.24) is 9.97 Å². The zero-order valence-electron chi connectivity index (χ0n) is 10.5. The van der Waals surface area contributed by atoms with E-state index in [1.807, 2.05) is 0 Å². The Labute approximate surface area is 128 Å². The molecule has 1 aromatic rings. The average molecular weight is 374 g/mol. The average Bonchev–Trinajstić information content (AvgIpc) is 2.85. The smallest absolute Gasteiger partial charge is 0.364 e. The Kier molecular flexibility index (Phi) is 5.25. The molecule has 0 N–H and O–H groups in total. The lowest BCUT2D eigenvalue weighted by Gasteiger charge is -2.13. The van der Waals surface area contributed by atoms with Gasteiger partial charge in [-0.1, -0.05) is 24.4 Å². The molecule has 1 saturated carbocycles. The molecule has 0 unspecified atom stereocenters. The molecular weight excluding hydrogens is 360 g/mol. The topological polar surface area (TPSA) is 35.0 Å². The number of nitrogens with zero attached hydrogens (tertiary/aromatic N) is 2. The lowest BCUT2D eigenvalue weighted by Crippen LogP contribution is -2.17. The number of rotatable bonds is 4. The van der Waals surface area contributed by atoms with Crippen LogP contribution in [0, 0.1) is 0 Å². The predicted octanol–water partition coefficient (Wildman–Crippen LogP) is 4.63. The van der Waals surface area contributed by atoms with Crippen LogP contribution in [0.4, 0.5) is 13.2 Å². The molecule has 1 heterocycles. The molecule has 0 aliphatic heterocycles. The molecule has 112 valence electrons. The second-order valence-corrected chi connectivity index (χ2v) is 5.87. The minimum absolute atomic E-state index is 0.185. The van der Waals surface area contributed by atoms with Crippen LogP contribution in [-0.2, 0) is 11.3 Å².